The molecule has 1 aromatic heterocycles. The number of aliphatic hydroxyl groups is 1. The highest BCUT2D eigenvalue weighted by atomic mass is 16.9. The molecule has 5 rings (SSSR count). The summed E-state index contributed by atoms with van der Waals surface area (Å²) < 4.78 is 30.4. The summed E-state index contributed by atoms with van der Waals surface area (Å²) in [6.45, 7) is 7.49. The van der Waals surface area contributed by atoms with Crippen LogP contribution in [0.25, 0.3) is 11.3 Å². The first-order chi connectivity index (χ1) is 14.1. The van der Waals surface area contributed by atoms with Gasteiger partial charge in [-0.05, 0) is 39.8 Å². The maximum Gasteiger partial charge on any atom is 0.233 e. The molecule has 3 fully saturated rings. The summed E-state index contributed by atoms with van der Waals surface area (Å²) in [4.78, 5) is 4.81. The summed E-state index contributed by atoms with van der Waals surface area (Å²) in [5, 5.41) is 12.3. The third-order valence-electron chi connectivity index (χ3n) is 5.89. The zero-order valence-electron chi connectivity index (χ0n) is 17.6. The van der Waals surface area contributed by atoms with E-state index in [-0.39, 0.29) is 13.2 Å². The Morgan fingerprint density at radius 3 is 2.37 bits per heavy atom. The topological polar surface area (TPSA) is 79.3 Å². The molecule has 0 aliphatic carbocycles. The minimum atomic E-state index is -1.75. The monoisotopic (exact) mass is 413 g/mol. The van der Waals surface area contributed by atoms with Gasteiger partial charge in [-0.25, -0.2) is 4.98 Å². The van der Waals surface area contributed by atoms with Gasteiger partial charge >= 0.3 is 0 Å². The van der Waals surface area contributed by atoms with Crippen LogP contribution in [0.4, 0.5) is 0 Å². The number of nitrogens with zero attached hydrogens (tertiary/aromatic N) is 1. The molecule has 4 atom stereocenters. The second-order valence-electron chi connectivity index (χ2n) is 8.99. The van der Waals surface area contributed by atoms with Crippen LogP contribution >= 0.6 is 0 Å². The van der Waals surface area contributed by atoms with Crippen LogP contribution in [-0.2, 0) is 29.3 Å². The van der Waals surface area contributed by atoms with Crippen LogP contribution in [0.5, 0.6) is 0 Å². The number of benzene rings is 1. The molecule has 3 aliphatic rings. The number of aromatic nitrogens is 1. The average Bonchev–Trinajstić information content (AvgIpc) is 3.22. The zero-order valence-corrected chi connectivity index (χ0v) is 17.6. The molecule has 160 valence electrons. The summed E-state index contributed by atoms with van der Waals surface area (Å²) in [5.41, 5.74) is 0.317. The van der Waals surface area contributed by atoms with Crippen LogP contribution in [0.1, 0.15) is 33.4 Å². The molecule has 3 aliphatic heterocycles. The fourth-order valence-electron chi connectivity index (χ4n) is 4.60. The molecule has 0 unspecified atom stereocenters. The number of hydrogen-bond acceptors (Lipinski definition) is 7. The molecule has 1 aromatic carbocycles. The molecule has 0 amide bonds. The van der Waals surface area contributed by atoms with E-state index in [1.165, 1.54) is 0 Å². The van der Waals surface area contributed by atoms with Gasteiger partial charge in [-0.2, -0.15) is 0 Å². The molecule has 30 heavy (non-hydrogen) atoms. The Hall–Kier alpha value is -1.87. The minimum absolute atomic E-state index is 0.0424. The molecule has 7 nitrogen and oxygen atoms in total. The Morgan fingerprint density at radius 2 is 1.67 bits per heavy atom. The fourth-order valence-corrected chi connectivity index (χ4v) is 4.60. The van der Waals surface area contributed by atoms with Crippen molar-refractivity contribution in [3.8, 4) is 11.3 Å². The number of rotatable bonds is 2. The SMILES string of the molecule is CC1(C)O[C@@H]2[C@@H](CO[C@]3(COC(C)(C)O3)[C@@]2(O)c2cccc(-c3ccccc3)n2)O1. The molecule has 1 spiro atoms. The summed E-state index contributed by atoms with van der Waals surface area (Å²) >= 11 is 0. The fraction of sp³-hybridized carbons (Fsp3) is 0.522. The van der Waals surface area contributed by atoms with Gasteiger partial charge in [0.2, 0.25) is 5.79 Å². The molecule has 0 radical (unpaired) electrons. The van der Waals surface area contributed by atoms with Crippen LogP contribution < -0.4 is 0 Å². The van der Waals surface area contributed by atoms with Crippen molar-refractivity contribution in [1.82, 2.24) is 4.98 Å². The minimum Gasteiger partial charge on any atom is -0.376 e. The van der Waals surface area contributed by atoms with Crippen molar-refractivity contribution >= 4 is 0 Å². The highest BCUT2D eigenvalue weighted by molar-refractivity contribution is 5.59. The van der Waals surface area contributed by atoms with Crippen molar-refractivity contribution in [1.29, 1.82) is 0 Å². The number of pyridine rings is 1. The van der Waals surface area contributed by atoms with Gasteiger partial charge in [-0.15, -0.1) is 0 Å². The Kier molecular flexibility index (Phi) is 4.39. The van der Waals surface area contributed by atoms with Crippen LogP contribution in [0, 0.1) is 0 Å². The summed E-state index contributed by atoms with van der Waals surface area (Å²) in [5.74, 6) is -3.26. The first kappa shape index (κ1) is 20.1. The van der Waals surface area contributed by atoms with Gasteiger partial charge in [0, 0.05) is 5.56 Å². The highest BCUT2D eigenvalue weighted by Gasteiger charge is 2.72. The smallest absolute Gasteiger partial charge is 0.233 e. The highest BCUT2D eigenvalue weighted by Crippen LogP contribution is 2.53. The second-order valence-corrected chi connectivity index (χ2v) is 8.99. The van der Waals surface area contributed by atoms with Gasteiger partial charge in [-0.1, -0.05) is 36.4 Å². The van der Waals surface area contributed by atoms with Crippen LogP contribution in [0.15, 0.2) is 48.5 Å². The lowest BCUT2D eigenvalue weighted by Gasteiger charge is -2.49. The molecule has 4 heterocycles. The van der Waals surface area contributed by atoms with Crippen LogP contribution in [-0.4, -0.2) is 52.9 Å². The lowest BCUT2D eigenvalue weighted by atomic mass is 9.79. The lowest BCUT2D eigenvalue weighted by molar-refractivity contribution is -0.373. The molecular weight excluding hydrogens is 386 g/mol. The van der Waals surface area contributed by atoms with E-state index in [2.05, 4.69) is 0 Å². The summed E-state index contributed by atoms with van der Waals surface area (Å²) in [6, 6.07) is 15.3. The maximum atomic E-state index is 12.3. The number of ether oxygens (including phenoxy) is 5. The Labute approximate surface area is 175 Å². The predicted octanol–water partition coefficient (Wildman–Crippen LogP) is 2.97. The third kappa shape index (κ3) is 3.00. The molecule has 7 heteroatoms. The van der Waals surface area contributed by atoms with E-state index in [0.717, 1.165) is 11.3 Å². The summed E-state index contributed by atoms with van der Waals surface area (Å²) in [7, 11) is 0. The van der Waals surface area contributed by atoms with E-state index < -0.39 is 35.2 Å². The Morgan fingerprint density at radius 1 is 0.900 bits per heavy atom. The number of hydrogen-bond donors (Lipinski definition) is 1. The van der Waals surface area contributed by atoms with Crippen molar-refractivity contribution in [3.05, 3.63) is 54.2 Å². The maximum absolute atomic E-state index is 12.3. The van der Waals surface area contributed by atoms with Gasteiger partial charge in [0.25, 0.3) is 0 Å². The van der Waals surface area contributed by atoms with E-state index in [4.69, 9.17) is 28.7 Å². The molecule has 2 aromatic rings. The van der Waals surface area contributed by atoms with Gasteiger partial charge in [0.15, 0.2) is 17.2 Å². The molecular formula is C23H27NO6. The van der Waals surface area contributed by atoms with E-state index in [0.29, 0.717) is 5.69 Å². The van der Waals surface area contributed by atoms with E-state index in [9.17, 15) is 5.11 Å². The normalized spacial score (nSPS) is 36.7. The number of fused-ring (bicyclic) bond motifs is 1. The standard InChI is InChI=1S/C23H27NO6/c1-20(2)27-14-22(30-20)23(25,19-17(13-26-22)28-21(3,4)29-19)18-12-8-11-16(24-18)15-9-6-5-7-10-15/h5-12,17,19,25H,13-14H2,1-4H3/t17-,19-,22+,23-/m1/s1. The van der Waals surface area contributed by atoms with Crippen molar-refractivity contribution in [2.75, 3.05) is 13.2 Å². The largest absolute Gasteiger partial charge is 0.376 e. The van der Waals surface area contributed by atoms with E-state index in [1.807, 2.05) is 56.3 Å². The van der Waals surface area contributed by atoms with Crippen LogP contribution in [0.2, 0.25) is 0 Å². The van der Waals surface area contributed by atoms with Crippen molar-refractivity contribution in [2.45, 2.75) is 62.9 Å². The molecule has 3 saturated heterocycles. The van der Waals surface area contributed by atoms with Gasteiger partial charge in [0.1, 0.15) is 18.8 Å². The van der Waals surface area contributed by atoms with Crippen molar-refractivity contribution < 1.29 is 28.8 Å². The average molecular weight is 413 g/mol. The van der Waals surface area contributed by atoms with E-state index >= 15 is 0 Å². The zero-order chi connectivity index (χ0) is 21.2. The van der Waals surface area contributed by atoms with Gasteiger partial charge in [0.05, 0.1) is 18.0 Å². The lowest BCUT2D eigenvalue weighted by Crippen LogP contribution is -2.69. The quantitative estimate of drug-likeness (QED) is 0.811. The van der Waals surface area contributed by atoms with Crippen molar-refractivity contribution in [2.24, 2.45) is 0 Å². The van der Waals surface area contributed by atoms with Gasteiger partial charge < -0.3 is 28.8 Å². The van der Waals surface area contributed by atoms with Crippen LogP contribution in [0.3, 0.4) is 0 Å². The summed E-state index contributed by atoms with van der Waals surface area (Å²) in [6.07, 6.45) is -1.21. The van der Waals surface area contributed by atoms with E-state index in [1.54, 1.807) is 19.9 Å². The molecule has 0 bridgehead atoms. The van der Waals surface area contributed by atoms with Gasteiger partial charge in [-0.3, -0.25) is 0 Å². The Balaban J connectivity index is 1.65. The Bertz CT molecular complexity index is 946. The molecule has 1 N–H and O–H groups in total. The predicted molar refractivity (Wildman–Crippen MR) is 107 cm³/mol. The second kappa shape index (κ2) is 6.56. The first-order valence-corrected chi connectivity index (χ1v) is 10.2. The third-order valence-corrected chi connectivity index (χ3v) is 5.89. The molecule has 0 saturated carbocycles. The first-order valence-electron chi connectivity index (χ1n) is 10.2. The van der Waals surface area contributed by atoms with Crippen molar-refractivity contribution in [3.63, 3.8) is 0 Å².